The van der Waals surface area contributed by atoms with Crippen molar-refractivity contribution in [2.45, 2.75) is 170 Å². The van der Waals surface area contributed by atoms with E-state index >= 15 is 9.13 Å². The molecule has 0 amide bonds. The van der Waals surface area contributed by atoms with E-state index in [0.717, 1.165) is 61.4 Å². The van der Waals surface area contributed by atoms with Gasteiger partial charge in [-0.3, -0.25) is 0 Å². The topological polar surface area (TPSA) is 71.1 Å². The maximum absolute atomic E-state index is 17.9. The predicted molar refractivity (Wildman–Crippen MR) is 298 cm³/mol. The summed E-state index contributed by atoms with van der Waals surface area (Å²) in [6, 6.07) is 16.4. The van der Waals surface area contributed by atoms with Gasteiger partial charge in [0.25, 0.3) is 0 Å². The standard InChI is InChI=1S/C60H86O6P2/c1-27-40-28-41(31-47(52(40)63-23)56(8,9)10)67(61,44-34-50(59(17,18)19)55(66-26)51(35-44)60(20,21)22)38(6)39(7)68(62,42-29-45(36(2)3)53(64-24)48(32-42)57(11,12)13)43-30-46(37(4)5)54(65-25)49(33-43)58(14,15)16/h27-35,38-39H,1-2,4H2,3,5-26H3. The Bertz CT molecular complexity index is 2580. The SMILES string of the molecule is C=Cc1cc(P(=O)(c2cc(C(C)(C)C)c(OC)c(C(C)(C)C)c2)C(C)C(C)P(=O)(c2cc(C(=C)C)c(OC)c(C(C)(C)C)c2)c2cc(C(=C)C)c(OC)c(C(C)(C)C)c2)cc(C(C)(C)C)c1OC. The lowest BCUT2D eigenvalue weighted by molar-refractivity contribution is 0.382. The second kappa shape index (κ2) is 19.5. The Kier molecular flexibility index (Phi) is 16.2. The highest BCUT2D eigenvalue weighted by Crippen LogP contribution is 2.62. The molecule has 0 radical (unpaired) electrons. The molecule has 0 aliphatic rings. The van der Waals surface area contributed by atoms with E-state index in [-0.39, 0.29) is 0 Å². The predicted octanol–water partition coefficient (Wildman–Crippen LogP) is 15.0. The normalized spacial score (nSPS) is 14.7. The van der Waals surface area contributed by atoms with E-state index in [4.69, 9.17) is 18.9 Å². The van der Waals surface area contributed by atoms with Crippen molar-refractivity contribution in [2.75, 3.05) is 28.4 Å². The first-order chi connectivity index (χ1) is 30.9. The molecule has 0 heterocycles. The third-order valence-electron chi connectivity index (χ3n) is 13.7. The van der Waals surface area contributed by atoms with Gasteiger partial charge in [0, 0.05) is 77.0 Å². The summed E-state index contributed by atoms with van der Waals surface area (Å²) < 4.78 is 60.5. The molecule has 0 bridgehead atoms. The van der Waals surface area contributed by atoms with Crippen LogP contribution >= 0.6 is 14.3 Å². The van der Waals surface area contributed by atoms with Crippen LogP contribution in [0.1, 0.15) is 176 Å². The van der Waals surface area contributed by atoms with E-state index in [1.807, 2.05) is 45.9 Å². The number of ether oxygens (including phenoxy) is 4. The average Bonchev–Trinajstić information content (AvgIpc) is 3.24. The van der Waals surface area contributed by atoms with Crippen molar-refractivity contribution < 1.29 is 28.1 Å². The van der Waals surface area contributed by atoms with Crippen molar-refractivity contribution in [1.29, 1.82) is 0 Å². The summed E-state index contributed by atoms with van der Waals surface area (Å²) in [4.78, 5) is 0. The highest BCUT2D eigenvalue weighted by atomic mass is 31.2. The van der Waals surface area contributed by atoms with Gasteiger partial charge >= 0.3 is 0 Å². The van der Waals surface area contributed by atoms with Gasteiger partial charge in [0.15, 0.2) is 0 Å². The van der Waals surface area contributed by atoms with Crippen LogP contribution in [0.2, 0.25) is 0 Å². The van der Waals surface area contributed by atoms with Crippen LogP contribution in [0.3, 0.4) is 0 Å². The molecule has 68 heavy (non-hydrogen) atoms. The lowest BCUT2D eigenvalue weighted by Crippen LogP contribution is -2.38. The lowest BCUT2D eigenvalue weighted by Gasteiger charge is -2.39. The molecular weight excluding hydrogens is 879 g/mol. The second-order valence-electron chi connectivity index (χ2n) is 24.2. The molecule has 6 nitrogen and oxygen atoms in total. The van der Waals surface area contributed by atoms with Crippen LogP contribution in [-0.2, 0) is 36.2 Å². The first kappa shape index (κ1) is 56.3. The first-order valence-corrected chi connectivity index (χ1v) is 27.5. The van der Waals surface area contributed by atoms with Crippen LogP contribution in [-0.4, -0.2) is 39.8 Å². The minimum atomic E-state index is -3.91. The van der Waals surface area contributed by atoms with Gasteiger partial charge in [0.05, 0.1) is 28.4 Å². The van der Waals surface area contributed by atoms with E-state index in [0.29, 0.717) is 38.5 Å². The second-order valence-corrected chi connectivity index (χ2v) is 30.5. The Labute approximate surface area is 413 Å². The third kappa shape index (κ3) is 10.4. The maximum atomic E-state index is 17.9. The molecule has 0 N–H and O–H groups in total. The Balaban J connectivity index is 2.45. The Morgan fingerprint density at radius 1 is 0.441 bits per heavy atom. The zero-order valence-electron chi connectivity index (χ0n) is 46.3. The van der Waals surface area contributed by atoms with Gasteiger partial charge in [-0.15, -0.1) is 0 Å². The van der Waals surface area contributed by atoms with Crippen molar-refractivity contribution in [2.24, 2.45) is 0 Å². The zero-order valence-corrected chi connectivity index (χ0v) is 48.1. The summed E-state index contributed by atoms with van der Waals surface area (Å²) in [5, 5.41) is 2.61. The molecule has 3 unspecified atom stereocenters. The summed E-state index contributed by atoms with van der Waals surface area (Å²) in [6.07, 6.45) is 1.78. The summed E-state index contributed by atoms with van der Waals surface area (Å²) in [6.45, 7) is 53.3. The van der Waals surface area contributed by atoms with Gasteiger partial charge in [0.1, 0.15) is 37.3 Å². The zero-order chi connectivity index (χ0) is 52.2. The van der Waals surface area contributed by atoms with Crippen LogP contribution in [0.15, 0.2) is 68.3 Å². The average molecular weight is 965 g/mol. The number of benzene rings is 4. The fraction of sp³-hybridized carbons (Fsp3) is 0.500. The van der Waals surface area contributed by atoms with Gasteiger partial charge in [0.2, 0.25) is 0 Å². The Hall–Kier alpha value is -4.24. The van der Waals surface area contributed by atoms with Gasteiger partial charge in [-0.05, 0) is 101 Å². The number of methoxy groups -OCH3 is 4. The monoisotopic (exact) mass is 965 g/mol. The molecular formula is C60H86O6P2. The van der Waals surface area contributed by atoms with Crippen LogP contribution < -0.4 is 40.2 Å². The number of hydrogen-bond acceptors (Lipinski definition) is 6. The van der Waals surface area contributed by atoms with Gasteiger partial charge in [-0.25, -0.2) is 0 Å². The van der Waals surface area contributed by atoms with E-state index in [1.54, 1.807) is 34.5 Å². The largest absolute Gasteiger partial charge is 0.496 e. The molecule has 3 atom stereocenters. The third-order valence-corrected chi connectivity index (χ3v) is 21.2. The number of hydrogen-bond donors (Lipinski definition) is 0. The van der Waals surface area contributed by atoms with Crippen molar-refractivity contribution in [1.82, 2.24) is 0 Å². The highest BCUT2D eigenvalue weighted by molar-refractivity contribution is 7.83. The van der Waals surface area contributed by atoms with Crippen LogP contribution in [0.5, 0.6) is 23.0 Å². The first-order valence-electron chi connectivity index (χ1n) is 24.0. The van der Waals surface area contributed by atoms with E-state index in [9.17, 15) is 0 Å². The molecule has 4 aromatic rings. The van der Waals surface area contributed by atoms with Crippen LogP contribution in [0, 0.1) is 0 Å². The molecule has 4 rings (SSSR count). The maximum Gasteiger partial charge on any atom is 0.146 e. The van der Waals surface area contributed by atoms with Crippen LogP contribution in [0.25, 0.3) is 17.2 Å². The summed E-state index contributed by atoms with van der Waals surface area (Å²) in [7, 11) is -1.06. The minimum Gasteiger partial charge on any atom is -0.496 e. The number of allylic oxidation sites excluding steroid dienone is 2. The Morgan fingerprint density at radius 2 is 0.676 bits per heavy atom. The van der Waals surface area contributed by atoms with E-state index in [2.05, 4.69) is 154 Å². The van der Waals surface area contributed by atoms with Crippen molar-refractivity contribution >= 4 is 52.7 Å². The Morgan fingerprint density at radius 3 is 0.912 bits per heavy atom. The fourth-order valence-electron chi connectivity index (χ4n) is 9.55. The van der Waals surface area contributed by atoms with Gasteiger partial charge < -0.3 is 28.1 Å². The fourth-order valence-corrected chi connectivity index (χ4v) is 16.9. The molecule has 0 saturated heterocycles. The molecule has 8 heteroatoms. The molecule has 0 aliphatic carbocycles. The van der Waals surface area contributed by atoms with E-state index < -0.39 is 52.7 Å². The van der Waals surface area contributed by atoms with Gasteiger partial charge in [-0.1, -0.05) is 144 Å². The van der Waals surface area contributed by atoms with Crippen LogP contribution in [0.4, 0.5) is 0 Å². The smallest absolute Gasteiger partial charge is 0.146 e. The van der Waals surface area contributed by atoms with Gasteiger partial charge in [-0.2, -0.15) is 0 Å². The summed E-state index contributed by atoms with van der Waals surface area (Å²) in [5.41, 5.74) is 5.03. The number of rotatable bonds is 14. The molecule has 0 spiro atoms. The quantitative estimate of drug-likeness (QED) is 0.117. The van der Waals surface area contributed by atoms with Crippen molar-refractivity contribution in [3.63, 3.8) is 0 Å². The molecule has 0 saturated carbocycles. The lowest BCUT2D eigenvalue weighted by atomic mass is 9.79. The van der Waals surface area contributed by atoms with E-state index in [1.165, 1.54) is 0 Å². The summed E-state index contributed by atoms with van der Waals surface area (Å²) >= 11 is 0. The van der Waals surface area contributed by atoms with Crippen molar-refractivity contribution in [3.05, 3.63) is 113 Å². The molecule has 4 aromatic carbocycles. The molecule has 0 aliphatic heterocycles. The molecule has 0 fully saturated rings. The minimum absolute atomic E-state index is 0.393. The highest BCUT2D eigenvalue weighted by Gasteiger charge is 2.48. The molecule has 0 aromatic heterocycles. The summed E-state index contributed by atoms with van der Waals surface area (Å²) in [5.74, 6) is 2.87. The van der Waals surface area contributed by atoms with Crippen molar-refractivity contribution in [3.8, 4) is 23.0 Å². The molecule has 372 valence electrons.